The molecule has 7 heteroatoms. The van der Waals surface area contributed by atoms with Crippen LogP contribution >= 0.6 is 0 Å². The molecule has 0 bridgehead atoms. The third-order valence-corrected chi connectivity index (χ3v) is 4.92. The zero-order valence-corrected chi connectivity index (χ0v) is 15.7. The summed E-state index contributed by atoms with van der Waals surface area (Å²) in [4.78, 5) is 28.8. The van der Waals surface area contributed by atoms with E-state index in [0.29, 0.717) is 30.2 Å². The van der Waals surface area contributed by atoms with Gasteiger partial charge in [-0.25, -0.2) is 4.79 Å². The first kappa shape index (κ1) is 18.1. The van der Waals surface area contributed by atoms with Crippen molar-refractivity contribution in [3.63, 3.8) is 0 Å². The zero-order valence-electron chi connectivity index (χ0n) is 15.7. The molecule has 0 spiro atoms. The normalized spacial score (nSPS) is 19.6. The smallest absolute Gasteiger partial charge is 0.322 e. The number of nitrogens with one attached hydrogen (secondary N) is 1. The SMILES string of the molecule is CCCCN1CC2=C(C1=O)[C@@H](c1cc(OC)cc(OC)c1)NC(=O)N2C. The van der Waals surface area contributed by atoms with Gasteiger partial charge in [-0.2, -0.15) is 0 Å². The average molecular weight is 359 g/mol. The number of carbonyl (C=O) groups excluding carboxylic acids is 2. The van der Waals surface area contributed by atoms with Gasteiger partial charge in [0, 0.05) is 19.7 Å². The number of urea groups is 1. The van der Waals surface area contributed by atoms with E-state index in [9.17, 15) is 9.59 Å². The first-order valence-corrected chi connectivity index (χ1v) is 8.79. The second-order valence-electron chi connectivity index (χ2n) is 6.53. The predicted octanol–water partition coefficient (Wildman–Crippen LogP) is 2.30. The summed E-state index contributed by atoms with van der Waals surface area (Å²) in [6.45, 7) is 3.25. The molecule has 0 unspecified atom stereocenters. The molecule has 2 heterocycles. The van der Waals surface area contributed by atoms with Crippen molar-refractivity contribution in [1.82, 2.24) is 15.1 Å². The molecule has 140 valence electrons. The highest BCUT2D eigenvalue weighted by Crippen LogP contribution is 2.38. The number of amides is 3. The van der Waals surface area contributed by atoms with Crippen molar-refractivity contribution in [1.29, 1.82) is 0 Å². The van der Waals surface area contributed by atoms with Crippen LogP contribution in [0.15, 0.2) is 29.5 Å². The topological polar surface area (TPSA) is 71.1 Å². The van der Waals surface area contributed by atoms with Crippen molar-refractivity contribution in [3.05, 3.63) is 35.0 Å². The molecule has 1 N–H and O–H groups in total. The summed E-state index contributed by atoms with van der Waals surface area (Å²) in [5.74, 6) is 1.21. The Bertz CT molecular complexity index is 737. The lowest BCUT2D eigenvalue weighted by Gasteiger charge is -2.31. The Hall–Kier alpha value is -2.70. The van der Waals surface area contributed by atoms with Gasteiger partial charge < -0.3 is 19.7 Å². The minimum atomic E-state index is -0.517. The number of rotatable bonds is 6. The lowest BCUT2D eigenvalue weighted by atomic mass is 9.95. The second-order valence-corrected chi connectivity index (χ2v) is 6.53. The third kappa shape index (κ3) is 3.09. The molecule has 3 rings (SSSR count). The van der Waals surface area contributed by atoms with Crippen molar-refractivity contribution in [2.75, 3.05) is 34.4 Å². The second kappa shape index (κ2) is 7.27. The predicted molar refractivity (Wildman–Crippen MR) is 97.1 cm³/mol. The Balaban J connectivity index is 2.02. The Labute approximate surface area is 153 Å². The van der Waals surface area contributed by atoms with Crippen LogP contribution in [0.4, 0.5) is 4.79 Å². The van der Waals surface area contributed by atoms with Crippen molar-refractivity contribution < 1.29 is 19.1 Å². The summed E-state index contributed by atoms with van der Waals surface area (Å²) in [5, 5.41) is 2.93. The maximum Gasteiger partial charge on any atom is 0.322 e. The van der Waals surface area contributed by atoms with E-state index in [1.165, 1.54) is 4.90 Å². The maximum atomic E-state index is 13.0. The van der Waals surface area contributed by atoms with E-state index in [0.717, 1.165) is 24.1 Å². The fourth-order valence-corrected chi connectivity index (χ4v) is 3.40. The molecule has 2 aliphatic rings. The van der Waals surface area contributed by atoms with Crippen LogP contribution in [0.2, 0.25) is 0 Å². The number of likely N-dealkylation sites (N-methyl/N-ethyl adjacent to an activating group) is 1. The van der Waals surface area contributed by atoms with E-state index in [-0.39, 0.29) is 11.9 Å². The Morgan fingerprint density at radius 1 is 1.15 bits per heavy atom. The van der Waals surface area contributed by atoms with Gasteiger partial charge in [0.1, 0.15) is 11.5 Å². The Morgan fingerprint density at radius 3 is 2.38 bits per heavy atom. The van der Waals surface area contributed by atoms with Gasteiger partial charge in [0.15, 0.2) is 0 Å². The number of unbranched alkanes of at least 4 members (excludes halogenated alkanes) is 1. The van der Waals surface area contributed by atoms with Crippen molar-refractivity contribution in [2.24, 2.45) is 0 Å². The van der Waals surface area contributed by atoms with Gasteiger partial charge in [-0.1, -0.05) is 13.3 Å². The third-order valence-electron chi connectivity index (χ3n) is 4.92. The lowest BCUT2D eigenvalue weighted by Crippen LogP contribution is -2.45. The molecule has 1 aromatic carbocycles. The number of hydrogen-bond acceptors (Lipinski definition) is 4. The zero-order chi connectivity index (χ0) is 18.8. The van der Waals surface area contributed by atoms with Crippen molar-refractivity contribution in [2.45, 2.75) is 25.8 Å². The summed E-state index contributed by atoms with van der Waals surface area (Å²) < 4.78 is 10.7. The standard InChI is InChI=1S/C19H25N3O4/c1-5-6-7-22-11-15-16(18(22)23)17(20-19(24)21(15)2)12-8-13(25-3)10-14(9-12)26-4/h8-10,17H,5-7,11H2,1-4H3,(H,20,24)/t17-/m1/s1. The number of nitrogens with zero attached hydrogens (tertiary/aromatic N) is 2. The van der Waals surface area contributed by atoms with Crippen molar-refractivity contribution >= 4 is 11.9 Å². The largest absolute Gasteiger partial charge is 0.497 e. The monoisotopic (exact) mass is 359 g/mol. The summed E-state index contributed by atoms with van der Waals surface area (Å²) >= 11 is 0. The molecule has 26 heavy (non-hydrogen) atoms. The van der Waals surface area contributed by atoms with Gasteiger partial charge in [-0.05, 0) is 24.1 Å². The van der Waals surface area contributed by atoms with Crippen LogP contribution in [-0.2, 0) is 4.79 Å². The van der Waals surface area contributed by atoms with Gasteiger partial charge in [0.05, 0.1) is 38.1 Å². The molecule has 0 saturated carbocycles. The average Bonchev–Trinajstić information content (AvgIpc) is 2.99. The maximum absolute atomic E-state index is 13.0. The van der Waals surface area contributed by atoms with Crippen molar-refractivity contribution in [3.8, 4) is 11.5 Å². The number of benzene rings is 1. The van der Waals surface area contributed by atoms with Gasteiger partial charge >= 0.3 is 6.03 Å². The van der Waals surface area contributed by atoms with Crippen LogP contribution in [0.3, 0.4) is 0 Å². The molecule has 0 aromatic heterocycles. The van der Waals surface area contributed by atoms with Gasteiger partial charge in [-0.15, -0.1) is 0 Å². The number of ether oxygens (including phenoxy) is 2. The molecule has 0 radical (unpaired) electrons. The van der Waals surface area contributed by atoms with Crippen LogP contribution in [0, 0.1) is 0 Å². The lowest BCUT2D eigenvalue weighted by molar-refractivity contribution is -0.125. The fraction of sp³-hybridized carbons (Fsp3) is 0.474. The van der Waals surface area contributed by atoms with Gasteiger partial charge in [-0.3, -0.25) is 9.69 Å². The molecule has 1 atom stereocenters. The number of hydrogen-bond donors (Lipinski definition) is 1. The molecule has 0 fully saturated rings. The minimum absolute atomic E-state index is 0.0212. The van der Waals surface area contributed by atoms with E-state index in [4.69, 9.17) is 9.47 Å². The first-order valence-electron chi connectivity index (χ1n) is 8.79. The summed E-state index contributed by atoms with van der Waals surface area (Å²) in [5.41, 5.74) is 2.15. The number of carbonyl (C=O) groups is 2. The quantitative estimate of drug-likeness (QED) is 0.846. The van der Waals surface area contributed by atoms with Crippen LogP contribution in [0.1, 0.15) is 31.4 Å². The highest BCUT2D eigenvalue weighted by Gasteiger charge is 2.42. The van der Waals surface area contributed by atoms with E-state index in [1.54, 1.807) is 27.3 Å². The molecular formula is C19H25N3O4. The van der Waals surface area contributed by atoms with E-state index < -0.39 is 6.04 Å². The van der Waals surface area contributed by atoms with Crippen LogP contribution in [0.5, 0.6) is 11.5 Å². The summed E-state index contributed by atoms with van der Waals surface area (Å²) in [6.07, 6.45) is 1.95. The highest BCUT2D eigenvalue weighted by molar-refractivity contribution is 6.01. The highest BCUT2D eigenvalue weighted by atomic mass is 16.5. The van der Waals surface area contributed by atoms with E-state index in [1.807, 2.05) is 17.0 Å². The fourth-order valence-electron chi connectivity index (χ4n) is 3.40. The molecule has 3 amide bonds. The van der Waals surface area contributed by atoms with Crippen LogP contribution in [0.25, 0.3) is 0 Å². The minimum Gasteiger partial charge on any atom is -0.497 e. The number of methoxy groups -OCH3 is 2. The van der Waals surface area contributed by atoms with Crippen LogP contribution < -0.4 is 14.8 Å². The molecule has 0 saturated heterocycles. The van der Waals surface area contributed by atoms with Crippen LogP contribution in [-0.4, -0.2) is 56.1 Å². The summed E-state index contributed by atoms with van der Waals surface area (Å²) in [6, 6.07) is 4.67. The molecule has 0 aliphatic carbocycles. The molecule has 7 nitrogen and oxygen atoms in total. The Kier molecular flexibility index (Phi) is 5.06. The van der Waals surface area contributed by atoms with Gasteiger partial charge in [0.25, 0.3) is 5.91 Å². The van der Waals surface area contributed by atoms with E-state index >= 15 is 0 Å². The Morgan fingerprint density at radius 2 is 1.81 bits per heavy atom. The molecule has 1 aromatic rings. The molecule has 2 aliphatic heterocycles. The first-order chi connectivity index (χ1) is 12.5. The van der Waals surface area contributed by atoms with Gasteiger partial charge in [0.2, 0.25) is 0 Å². The molecular weight excluding hydrogens is 334 g/mol. The summed E-state index contributed by atoms with van der Waals surface area (Å²) in [7, 11) is 4.84. The van der Waals surface area contributed by atoms with E-state index in [2.05, 4.69) is 12.2 Å².